The van der Waals surface area contributed by atoms with Gasteiger partial charge in [0.05, 0.1) is 0 Å². The predicted molar refractivity (Wildman–Crippen MR) is 60.4 cm³/mol. The second-order valence-electron chi connectivity index (χ2n) is 3.03. The normalized spacial score (nSPS) is 13.3. The highest BCUT2D eigenvalue weighted by molar-refractivity contribution is 9.10. The predicted octanol–water partition coefficient (Wildman–Crippen LogP) is 2.38. The maximum Gasteiger partial charge on any atom is 0.101 e. The molecule has 0 saturated carbocycles. The first-order valence-corrected chi connectivity index (χ1v) is 5.77. The van der Waals surface area contributed by atoms with Crippen LogP contribution < -0.4 is 5.32 Å². The second kappa shape index (κ2) is 4.55. The number of rotatable bonds is 3. The van der Waals surface area contributed by atoms with E-state index in [-0.39, 0.29) is 6.10 Å². The standard InChI is InChI=1S/C9H14BrNOS/c1-5-8(10)6(2)13-9(5)7(12)4-11-3/h7,11-12H,4H2,1-3H3. The van der Waals surface area contributed by atoms with Crippen molar-refractivity contribution in [2.45, 2.75) is 20.0 Å². The Morgan fingerprint density at radius 1 is 1.54 bits per heavy atom. The molecule has 4 heteroatoms. The Hall–Kier alpha value is 0.100. The molecule has 0 bridgehead atoms. The molecule has 1 aromatic rings. The number of thiophene rings is 1. The van der Waals surface area contributed by atoms with Gasteiger partial charge >= 0.3 is 0 Å². The van der Waals surface area contributed by atoms with Crippen molar-refractivity contribution >= 4 is 27.3 Å². The molecule has 1 unspecified atom stereocenters. The molecule has 74 valence electrons. The largest absolute Gasteiger partial charge is 0.386 e. The van der Waals surface area contributed by atoms with Crippen LogP contribution in [0.25, 0.3) is 0 Å². The number of hydrogen-bond donors (Lipinski definition) is 2. The molecular formula is C9H14BrNOS. The van der Waals surface area contributed by atoms with E-state index in [9.17, 15) is 5.11 Å². The molecule has 1 atom stereocenters. The van der Waals surface area contributed by atoms with E-state index in [2.05, 4.69) is 28.2 Å². The second-order valence-corrected chi connectivity index (χ2v) is 5.08. The number of halogens is 1. The zero-order chi connectivity index (χ0) is 10.0. The zero-order valence-electron chi connectivity index (χ0n) is 8.02. The Kier molecular flexibility index (Phi) is 3.91. The lowest BCUT2D eigenvalue weighted by molar-refractivity contribution is 0.181. The fourth-order valence-electron chi connectivity index (χ4n) is 1.26. The van der Waals surface area contributed by atoms with E-state index in [1.165, 1.54) is 4.88 Å². The maximum atomic E-state index is 9.77. The summed E-state index contributed by atoms with van der Waals surface area (Å²) in [6.07, 6.45) is -0.389. The summed E-state index contributed by atoms with van der Waals surface area (Å²) in [6, 6.07) is 0. The number of aliphatic hydroxyl groups is 1. The van der Waals surface area contributed by atoms with Crippen molar-refractivity contribution in [3.05, 3.63) is 19.8 Å². The van der Waals surface area contributed by atoms with Crippen molar-refractivity contribution in [1.29, 1.82) is 0 Å². The Morgan fingerprint density at radius 3 is 2.54 bits per heavy atom. The summed E-state index contributed by atoms with van der Waals surface area (Å²) in [5, 5.41) is 12.7. The third-order valence-electron chi connectivity index (χ3n) is 1.97. The van der Waals surface area contributed by atoms with Gasteiger partial charge in [0.15, 0.2) is 0 Å². The number of nitrogens with one attached hydrogen (secondary N) is 1. The summed E-state index contributed by atoms with van der Waals surface area (Å²) in [6.45, 7) is 4.69. The number of likely N-dealkylation sites (N-methyl/N-ethyl adjacent to an activating group) is 1. The molecule has 0 aliphatic rings. The van der Waals surface area contributed by atoms with Crippen LogP contribution in [0.5, 0.6) is 0 Å². The molecule has 1 aromatic heterocycles. The van der Waals surface area contributed by atoms with Crippen LogP contribution in [0.2, 0.25) is 0 Å². The van der Waals surface area contributed by atoms with Crippen LogP contribution in [0.1, 0.15) is 21.4 Å². The van der Waals surface area contributed by atoms with Gasteiger partial charge < -0.3 is 10.4 Å². The van der Waals surface area contributed by atoms with Gasteiger partial charge in [0.2, 0.25) is 0 Å². The number of aliphatic hydroxyl groups excluding tert-OH is 1. The minimum Gasteiger partial charge on any atom is -0.386 e. The molecule has 2 nitrogen and oxygen atoms in total. The van der Waals surface area contributed by atoms with Gasteiger partial charge in [-0.2, -0.15) is 0 Å². The van der Waals surface area contributed by atoms with Crippen LogP contribution in [0, 0.1) is 13.8 Å². The highest BCUT2D eigenvalue weighted by Crippen LogP contribution is 2.35. The summed E-state index contributed by atoms with van der Waals surface area (Å²) in [4.78, 5) is 2.28. The molecule has 1 heterocycles. The fraction of sp³-hybridized carbons (Fsp3) is 0.556. The first-order valence-electron chi connectivity index (χ1n) is 4.16. The van der Waals surface area contributed by atoms with Gasteiger partial charge in [0, 0.05) is 20.8 Å². The molecule has 0 spiro atoms. The van der Waals surface area contributed by atoms with E-state index < -0.39 is 0 Å². The number of hydrogen-bond acceptors (Lipinski definition) is 3. The molecule has 1 rings (SSSR count). The topological polar surface area (TPSA) is 32.3 Å². The van der Waals surface area contributed by atoms with E-state index in [1.54, 1.807) is 11.3 Å². The minimum atomic E-state index is -0.389. The van der Waals surface area contributed by atoms with E-state index in [0.717, 1.165) is 14.9 Å². The zero-order valence-corrected chi connectivity index (χ0v) is 10.4. The van der Waals surface area contributed by atoms with Crippen LogP contribution in [0.3, 0.4) is 0 Å². The van der Waals surface area contributed by atoms with Gasteiger partial charge in [-0.3, -0.25) is 0 Å². The molecular weight excluding hydrogens is 250 g/mol. The molecule has 2 N–H and O–H groups in total. The highest BCUT2D eigenvalue weighted by atomic mass is 79.9. The lowest BCUT2D eigenvalue weighted by Gasteiger charge is -2.08. The molecule has 13 heavy (non-hydrogen) atoms. The Balaban J connectivity index is 2.94. The summed E-state index contributed by atoms with van der Waals surface area (Å²) in [7, 11) is 1.84. The van der Waals surface area contributed by atoms with Crippen molar-refractivity contribution in [3.63, 3.8) is 0 Å². The Bertz CT molecular complexity index is 298. The van der Waals surface area contributed by atoms with Gasteiger partial charge in [-0.05, 0) is 42.4 Å². The first kappa shape index (κ1) is 11.2. The van der Waals surface area contributed by atoms with Crippen LogP contribution in [-0.2, 0) is 0 Å². The molecule has 0 aliphatic carbocycles. The van der Waals surface area contributed by atoms with Crippen molar-refractivity contribution in [3.8, 4) is 0 Å². The molecule has 0 aromatic carbocycles. The monoisotopic (exact) mass is 263 g/mol. The fourth-order valence-corrected chi connectivity index (χ4v) is 2.90. The maximum absolute atomic E-state index is 9.77. The first-order chi connectivity index (χ1) is 6.07. The van der Waals surface area contributed by atoms with Crippen LogP contribution in [-0.4, -0.2) is 18.7 Å². The Labute approximate surface area is 91.1 Å². The molecule has 0 fully saturated rings. The van der Waals surface area contributed by atoms with Gasteiger partial charge in [-0.25, -0.2) is 0 Å². The average Bonchev–Trinajstić information content (AvgIpc) is 2.33. The van der Waals surface area contributed by atoms with Gasteiger partial charge in [0.1, 0.15) is 6.10 Å². The van der Waals surface area contributed by atoms with Crippen LogP contribution in [0.4, 0.5) is 0 Å². The van der Waals surface area contributed by atoms with Gasteiger partial charge in [-0.1, -0.05) is 0 Å². The molecule has 0 radical (unpaired) electrons. The minimum absolute atomic E-state index is 0.389. The van der Waals surface area contributed by atoms with Crippen molar-refractivity contribution < 1.29 is 5.11 Å². The quantitative estimate of drug-likeness (QED) is 0.878. The third kappa shape index (κ3) is 2.31. The highest BCUT2D eigenvalue weighted by Gasteiger charge is 2.16. The summed E-state index contributed by atoms with van der Waals surface area (Å²) in [5.74, 6) is 0. The van der Waals surface area contributed by atoms with E-state index in [1.807, 2.05) is 14.0 Å². The molecule has 0 amide bonds. The number of aryl methyl sites for hydroxylation is 1. The summed E-state index contributed by atoms with van der Waals surface area (Å²) < 4.78 is 1.13. The van der Waals surface area contributed by atoms with Crippen molar-refractivity contribution in [1.82, 2.24) is 5.32 Å². The lowest BCUT2D eigenvalue weighted by atomic mass is 10.2. The average molecular weight is 264 g/mol. The van der Waals surface area contributed by atoms with E-state index in [4.69, 9.17) is 0 Å². The van der Waals surface area contributed by atoms with Crippen LogP contribution in [0.15, 0.2) is 4.47 Å². The molecule has 0 aliphatic heterocycles. The van der Waals surface area contributed by atoms with Gasteiger partial charge in [0.25, 0.3) is 0 Å². The SMILES string of the molecule is CNCC(O)c1sc(C)c(Br)c1C. The van der Waals surface area contributed by atoms with Crippen molar-refractivity contribution in [2.24, 2.45) is 0 Å². The summed E-state index contributed by atoms with van der Waals surface area (Å²) >= 11 is 5.15. The van der Waals surface area contributed by atoms with Crippen molar-refractivity contribution in [2.75, 3.05) is 13.6 Å². The smallest absolute Gasteiger partial charge is 0.101 e. The van der Waals surface area contributed by atoms with Gasteiger partial charge in [-0.15, -0.1) is 11.3 Å². The summed E-state index contributed by atoms with van der Waals surface area (Å²) in [5.41, 5.74) is 1.16. The Morgan fingerprint density at radius 2 is 2.15 bits per heavy atom. The molecule has 0 saturated heterocycles. The van der Waals surface area contributed by atoms with E-state index in [0.29, 0.717) is 6.54 Å². The van der Waals surface area contributed by atoms with Crippen LogP contribution >= 0.6 is 27.3 Å². The third-order valence-corrected chi connectivity index (χ3v) is 4.73. The van der Waals surface area contributed by atoms with E-state index >= 15 is 0 Å². The lowest BCUT2D eigenvalue weighted by Crippen LogP contribution is -2.16.